The summed E-state index contributed by atoms with van der Waals surface area (Å²) in [4.78, 5) is 25.9. The summed E-state index contributed by atoms with van der Waals surface area (Å²) in [6.07, 6.45) is 16.8. The molecule has 0 atom stereocenters. The Morgan fingerprint density at radius 2 is 1.30 bits per heavy atom. The Kier molecular flexibility index (Phi) is 12.2. The van der Waals surface area contributed by atoms with E-state index in [0.717, 1.165) is 37.5 Å². The number of ether oxygens (including phenoxy) is 1. The van der Waals surface area contributed by atoms with Crippen molar-refractivity contribution in [3.05, 3.63) is 40.6 Å². The van der Waals surface area contributed by atoms with E-state index in [0.29, 0.717) is 6.42 Å². The number of phenolic OH excluding ortho intramolecular Hbond substituents is 4. The lowest BCUT2D eigenvalue weighted by Gasteiger charge is -2.12. The zero-order chi connectivity index (χ0) is 28.9. The molecule has 40 heavy (non-hydrogen) atoms. The number of hydrogen-bond donors (Lipinski definition) is 4. The van der Waals surface area contributed by atoms with E-state index < -0.39 is 28.6 Å². The molecule has 0 bridgehead atoms. The van der Waals surface area contributed by atoms with Gasteiger partial charge < -0.3 is 29.6 Å². The molecule has 218 valence electrons. The summed E-state index contributed by atoms with van der Waals surface area (Å²) in [7, 11) is 0. The minimum atomic E-state index is -0.796. The summed E-state index contributed by atoms with van der Waals surface area (Å²) in [6.45, 7) is 2.24. The zero-order valence-corrected chi connectivity index (χ0v) is 23.4. The minimum absolute atomic E-state index is 0.108. The van der Waals surface area contributed by atoms with Crippen LogP contribution in [0.2, 0.25) is 0 Å². The van der Waals surface area contributed by atoms with Crippen LogP contribution in [0.5, 0.6) is 28.7 Å². The molecular weight excluding hydrogens is 512 g/mol. The molecule has 1 heterocycles. The van der Waals surface area contributed by atoms with Gasteiger partial charge in [-0.15, -0.1) is 0 Å². The molecule has 3 rings (SSSR count). The van der Waals surface area contributed by atoms with Crippen LogP contribution in [0.15, 0.2) is 39.5 Å². The van der Waals surface area contributed by atoms with Crippen LogP contribution in [0, 0.1) is 0 Å². The van der Waals surface area contributed by atoms with Gasteiger partial charge in [0, 0.05) is 24.1 Å². The average molecular weight is 555 g/mol. The van der Waals surface area contributed by atoms with Crippen molar-refractivity contribution < 1.29 is 34.4 Å². The number of fused-ring (bicyclic) bond motifs is 1. The van der Waals surface area contributed by atoms with Crippen molar-refractivity contribution >= 4 is 16.9 Å². The van der Waals surface area contributed by atoms with E-state index in [1.807, 2.05) is 0 Å². The second kappa shape index (κ2) is 15.8. The van der Waals surface area contributed by atoms with Gasteiger partial charge in [-0.1, -0.05) is 90.4 Å². The van der Waals surface area contributed by atoms with Crippen molar-refractivity contribution in [3.8, 4) is 40.1 Å². The maximum atomic E-state index is 13.3. The average Bonchev–Trinajstić information content (AvgIpc) is 2.91. The van der Waals surface area contributed by atoms with Gasteiger partial charge in [0.15, 0.2) is 17.3 Å². The van der Waals surface area contributed by atoms with Gasteiger partial charge in [-0.25, -0.2) is 0 Å². The van der Waals surface area contributed by atoms with Crippen LogP contribution in [0.25, 0.3) is 22.3 Å². The highest BCUT2D eigenvalue weighted by Gasteiger charge is 2.23. The number of carbonyl (C=O) groups excluding carboxylic acids is 1. The fourth-order valence-corrected chi connectivity index (χ4v) is 4.84. The van der Waals surface area contributed by atoms with Crippen LogP contribution < -0.4 is 10.2 Å². The molecular formula is C32H42O8. The van der Waals surface area contributed by atoms with Crippen molar-refractivity contribution in [2.45, 2.75) is 103 Å². The highest BCUT2D eigenvalue weighted by atomic mass is 16.5. The van der Waals surface area contributed by atoms with Gasteiger partial charge in [0.05, 0.1) is 0 Å². The highest BCUT2D eigenvalue weighted by Crippen LogP contribution is 2.38. The van der Waals surface area contributed by atoms with Crippen LogP contribution >= 0.6 is 0 Å². The molecule has 0 aliphatic carbocycles. The first-order valence-electron chi connectivity index (χ1n) is 14.6. The highest BCUT2D eigenvalue weighted by molar-refractivity contribution is 5.89. The second-order valence-corrected chi connectivity index (χ2v) is 10.5. The SMILES string of the molecule is CCCCCCCCCCCCCCCCC(=O)Oc1c(-c2ccc(O)c(O)c2)oc2cc(O)cc(O)c2c1=O. The quantitative estimate of drug-likeness (QED) is 0.0747. The fourth-order valence-electron chi connectivity index (χ4n) is 4.84. The molecule has 0 amide bonds. The third-order valence-electron chi connectivity index (χ3n) is 7.11. The lowest BCUT2D eigenvalue weighted by Crippen LogP contribution is -2.16. The summed E-state index contributed by atoms with van der Waals surface area (Å²) in [5.74, 6) is -2.91. The summed E-state index contributed by atoms with van der Waals surface area (Å²) in [5.41, 5.74) is -0.760. The molecule has 4 N–H and O–H groups in total. The van der Waals surface area contributed by atoms with Gasteiger partial charge in [0.25, 0.3) is 0 Å². The standard InChI is InChI=1S/C32H42O8/c1-2-3-4-5-6-7-8-9-10-11-12-13-14-15-16-28(37)40-32-30(38)29-26(36)20-23(33)21-27(29)39-31(32)22-17-18-24(34)25(35)19-22/h17-21,33-36H,2-16H2,1H3. The Hall–Kier alpha value is -3.68. The van der Waals surface area contributed by atoms with E-state index in [1.165, 1.54) is 76.3 Å². The molecule has 0 radical (unpaired) electrons. The van der Waals surface area contributed by atoms with Gasteiger partial charge in [0.2, 0.25) is 11.2 Å². The third-order valence-corrected chi connectivity index (χ3v) is 7.11. The summed E-state index contributed by atoms with van der Waals surface area (Å²) in [6, 6.07) is 5.89. The van der Waals surface area contributed by atoms with Gasteiger partial charge >= 0.3 is 5.97 Å². The van der Waals surface area contributed by atoms with Gasteiger partial charge in [-0.2, -0.15) is 0 Å². The Bertz CT molecular complexity index is 1310. The normalized spacial score (nSPS) is 11.2. The van der Waals surface area contributed by atoms with Crippen LogP contribution in [0.1, 0.15) is 103 Å². The van der Waals surface area contributed by atoms with E-state index in [2.05, 4.69) is 6.92 Å². The van der Waals surface area contributed by atoms with Crippen molar-refractivity contribution in [2.75, 3.05) is 0 Å². The van der Waals surface area contributed by atoms with Crippen molar-refractivity contribution in [3.63, 3.8) is 0 Å². The molecule has 0 aliphatic rings. The zero-order valence-electron chi connectivity index (χ0n) is 23.4. The molecule has 2 aromatic carbocycles. The Morgan fingerprint density at radius 3 is 1.88 bits per heavy atom. The lowest BCUT2D eigenvalue weighted by atomic mass is 10.0. The number of unbranched alkanes of at least 4 members (excludes halogenated alkanes) is 13. The molecule has 0 aliphatic heterocycles. The number of aromatic hydroxyl groups is 4. The third kappa shape index (κ3) is 8.93. The van der Waals surface area contributed by atoms with E-state index in [9.17, 15) is 30.0 Å². The summed E-state index contributed by atoms with van der Waals surface area (Å²) in [5, 5.41) is 39.4. The number of rotatable bonds is 17. The molecule has 0 saturated heterocycles. The van der Waals surface area contributed by atoms with Crippen LogP contribution in [-0.2, 0) is 4.79 Å². The maximum absolute atomic E-state index is 13.3. The van der Waals surface area contributed by atoms with Crippen molar-refractivity contribution in [1.29, 1.82) is 0 Å². The number of esters is 1. The minimum Gasteiger partial charge on any atom is -0.508 e. The first-order valence-corrected chi connectivity index (χ1v) is 14.6. The fraction of sp³-hybridized carbons (Fsp3) is 0.500. The van der Waals surface area contributed by atoms with E-state index in [4.69, 9.17) is 9.15 Å². The molecule has 8 nitrogen and oxygen atoms in total. The predicted octanol–water partition coefficient (Wildman–Crippen LogP) is 8.06. The summed E-state index contributed by atoms with van der Waals surface area (Å²) < 4.78 is 11.2. The molecule has 8 heteroatoms. The number of benzene rings is 2. The van der Waals surface area contributed by atoms with Gasteiger partial charge in [-0.3, -0.25) is 9.59 Å². The predicted molar refractivity (Wildman–Crippen MR) is 155 cm³/mol. The first-order chi connectivity index (χ1) is 19.3. The summed E-state index contributed by atoms with van der Waals surface area (Å²) >= 11 is 0. The van der Waals surface area contributed by atoms with E-state index >= 15 is 0 Å². The topological polar surface area (TPSA) is 137 Å². The van der Waals surface area contributed by atoms with Gasteiger partial charge in [-0.05, 0) is 24.6 Å². The van der Waals surface area contributed by atoms with E-state index in [1.54, 1.807) is 0 Å². The molecule has 3 aromatic rings. The van der Waals surface area contributed by atoms with Crippen LogP contribution in [0.3, 0.4) is 0 Å². The van der Waals surface area contributed by atoms with Crippen molar-refractivity contribution in [1.82, 2.24) is 0 Å². The molecule has 1 aromatic heterocycles. The molecule has 0 unspecified atom stereocenters. The smallest absolute Gasteiger partial charge is 0.311 e. The molecule has 0 saturated carbocycles. The lowest BCUT2D eigenvalue weighted by molar-refractivity contribution is -0.134. The van der Waals surface area contributed by atoms with Crippen molar-refractivity contribution in [2.24, 2.45) is 0 Å². The Morgan fingerprint density at radius 1 is 0.725 bits per heavy atom. The Labute approximate surface area is 235 Å². The number of carbonyl (C=O) groups is 1. The maximum Gasteiger partial charge on any atom is 0.311 e. The van der Waals surface area contributed by atoms with Crippen LogP contribution in [-0.4, -0.2) is 26.4 Å². The van der Waals surface area contributed by atoms with E-state index in [-0.39, 0.29) is 40.2 Å². The van der Waals surface area contributed by atoms with Gasteiger partial charge in [0.1, 0.15) is 22.5 Å². The number of phenols is 4. The molecule has 0 fully saturated rings. The molecule has 0 spiro atoms. The monoisotopic (exact) mass is 554 g/mol. The largest absolute Gasteiger partial charge is 0.508 e. The Balaban J connectivity index is 1.52. The second-order valence-electron chi connectivity index (χ2n) is 10.5. The van der Waals surface area contributed by atoms with Crippen LogP contribution in [0.4, 0.5) is 0 Å². The first kappa shape index (κ1) is 30.9. The number of hydrogen-bond acceptors (Lipinski definition) is 8.